The van der Waals surface area contributed by atoms with Gasteiger partial charge in [-0.15, -0.1) is 0 Å². The maximum absolute atomic E-state index is 12.8. The van der Waals surface area contributed by atoms with Crippen molar-refractivity contribution in [2.45, 2.75) is 12.5 Å². The molecule has 0 fully saturated rings. The maximum atomic E-state index is 12.8. The first-order valence-electron chi connectivity index (χ1n) is 6.38. The van der Waals surface area contributed by atoms with Crippen LogP contribution in [0, 0.1) is 5.82 Å². The van der Waals surface area contributed by atoms with Gasteiger partial charge < -0.3 is 10.4 Å². The summed E-state index contributed by atoms with van der Waals surface area (Å²) in [6.45, 7) is 0. The van der Waals surface area contributed by atoms with Crippen molar-refractivity contribution in [1.82, 2.24) is 5.32 Å². The first kappa shape index (κ1) is 14.7. The molecule has 0 aliphatic carbocycles. The summed E-state index contributed by atoms with van der Waals surface area (Å²) in [5, 5.41) is 11.7. The highest BCUT2D eigenvalue weighted by Crippen LogP contribution is 2.13. The van der Waals surface area contributed by atoms with Crippen LogP contribution in [0.25, 0.3) is 0 Å². The zero-order valence-corrected chi connectivity index (χ0v) is 11.1. The molecule has 0 saturated heterocycles. The van der Waals surface area contributed by atoms with Crippen LogP contribution >= 0.6 is 0 Å². The first-order chi connectivity index (χ1) is 10.1. The summed E-state index contributed by atoms with van der Waals surface area (Å²) in [4.78, 5) is 23.2. The summed E-state index contributed by atoms with van der Waals surface area (Å²) in [6.07, 6.45) is -0.00308. The summed E-state index contributed by atoms with van der Waals surface area (Å²) in [5.74, 6) is -1.95. The van der Waals surface area contributed by atoms with Crippen LogP contribution in [0.1, 0.15) is 17.2 Å². The zero-order valence-electron chi connectivity index (χ0n) is 11.1. The van der Waals surface area contributed by atoms with Crippen molar-refractivity contribution >= 4 is 11.9 Å². The molecule has 0 aromatic heterocycles. The lowest BCUT2D eigenvalue weighted by Crippen LogP contribution is -2.34. The topological polar surface area (TPSA) is 66.4 Å². The molecule has 0 saturated carbocycles. The van der Waals surface area contributed by atoms with Gasteiger partial charge in [0.05, 0.1) is 6.42 Å². The molecule has 0 spiro atoms. The van der Waals surface area contributed by atoms with E-state index in [1.807, 2.05) is 0 Å². The Morgan fingerprint density at radius 2 is 1.67 bits per heavy atom. The Morgan fingerprint density at radius 1 is 1.05 bits per heavy atom. The van der Waals surface area contributed by atoms with Crippen LogP contribution in [0.3, 0.4) is 0 Å². The molecule has 1 atom stereocenters. The van der Waals surface area contributed by atoms with Gasteiger partial charge in [-0.1, -0.05) is 42.5 Å². The van der Waals surface area contributed by atoms with E-state index in [0.717, 1.165) is 0 Å². The van der Waals surface area contributed by atoms with Gasteiger partial charge >= 0.3 is 5.97 Å². The number of carboxylic acid groups (broad SMARTS) is 1. The lowest BCUT2D eigenvalue weighted by Gasteiger charge is -2.14. The number of benzene rings is 2. The molecular formula is C16H14FNO3. The Bertz CT molecular complexity index is 626. The van der Waals surface area contributed by atoms with Crippen molar-refractivity contribution in [3.63, 3.8) is 0 Å². The molecule has 5 heteroatoms. The minimum absolute atomic E-state index is 0.00308. The molecule has 108 valence electrons. The van der Waals surface area contributed by atoms with Crippen LogP contribution in [-0.4, -0.2) is 17.0 Å². The van der Waals surface area contributed by atoms with E-state index >= 15 is 0 Å². The second-order valence-electron chi connectivity index (χ2n) is 4.55. The largest absolute Gasteiger partial charge is 0.479 e. The van der Waals surface area contributed by atoms with E-state index in [-0.39, 0.29) is 12.2 Å². The lowest BCUT2D eigenvalue weighted by molar-refractivity contribution is -0.141. The molecule has 0 aliphatic heterocycles. The van der Waals surface area contributed by atoms with Crippen LogP contribution in [0.5, 0.6) is 0 Å². The molecule has 21 heavy (non-hydrogen) atoms. The highest BCUT2D eigenvalue weighted by molar-refractivity contribution is 5.85. The van der Waals surface area contributed by atoms with Gasteiger partial charge in [0, 0.05) is 0 Å². The van der Waals surface area contributed by atoms with E-state index in [9.17, 15) is 19.1 Å². The Balaban J connectivity index is 2.05. The number of hydrogen-bond acceptors (Lipinski definition) is 2. The van der Waals surface area contributed by atoms with Crippen LogP contribution in [0.4, 0.5) is 4.39 Å². The van der Waals surface area contributed by atoms with Crippen molar-refractivity contribution in [1.29, 1.82) is 0 Å². The highest BCUT2D eigenvalue weighted by Gasteiger charge is 2.21. The number of nitrogens with one attached hydrogen (secondary N) is 1. The number of halogens is 1. The molecule has 2 aromatic carbocycles. The zero-order chi connectivity index (χ0) is 15.2. The normalized spacial score (nSPS) is 11.7. The van der Waals surface area contributed by atoms with E-state index < -0.39 is 17.9 Å². The van der Waals surface area contributed by atoms with E-state index in [2.05, 4.69) is 5.32 Å². The smallest absolute Gasteiger partial charge is 0.330 e. The summed E-state index contributed by atoms with van der Waals surface area (Å²) in [5.41, 5.74) is 1.11. The van der Waals surface area contributed by atoms with Gasteiger partial charge in [0.1, 0.15) is 5.82 Å². The molecule has 2 aromatic rings. The molecule has 2 rings (SSSR count). The average molecular weight is 287 g/mol. The summed E-state index contributed by atoms with van der Waals surface area (Å²) < 4.78 is 12.8. The Hall–Kier alpha value is -2.69. The predicted molar refractivity (Wildman–Crippen MR) is 75.1 cm³/mol. The van der Waals surface area contributed by atoms with E-state index in [4.69, 9.17) is 0 Å². The Labute approximate surface area is 121 Å². The fourth-order valence-electron chi connectivity index (χ4n) is 1.93. The monoisotopic (exact) mass is 287 g/mol. The molecule has 0 radical (unpaired) electrons. The van der Waals surface area contributed by atoms with Crippen LogP contribution in [0.15, 0.2) is 54.6 Å². The van der Waals surface area contributed by atoms with Gasteiger partial charge in [0.25, 0.3) is 0 Å². The summed E-state index contributed by atoms with van der Waals surface area (Å²) in [7, 11) is 0. The van der Waals surface area contributed by atoms with Crippen molar-refractivity contribution in [2.24, 2.45) is 0 Å². The average Bonchev–Trinajstić information content (AvgIpc) is 2.48. The van der Waals surface area contributed by atoms with Gasteiger partial charge in [0.2, 0.25) is 5.91 Å². The molecule has 2 N–H and O–H groups in total. The minimum Gasteiger partial charge on any atom is -0.479 e. The third-order valence-corrected chi connectivity index (χ3v) is 2.96. The highest BCUT2D eigenvalue weighted by atomic mass is 19.1. The standard InChI is InChI=1S/C16H14FNO3/c17-13-8-6-11(7-9-13)10-14(19)18-15(16(20)21)12-4-2-1-3-5-12/h1-9,15H,10H2,(H,18,19)(H,20,21)/t15-/m0/s1. The Kier molecular flexibility index (Phi) is 4.66. The Morgan fingerprint density at radius 3 is 2.24 bits per heavy atom. The van der Waals surface area contributed by atoms with Gasteiger partial charge in [-0.05, 0) is 23.3 Å². The second-order valence-corrected chi connectivity index (χ2v) is 4.55. The molecule has 0 unspecified atom stereocenters. The number of carbonyl (C=O) groups is 2. The van der Waals surface area contributed by atoms with Gasteiger partial charge in [-0.2, -0.15) is 0 Å². The van der Waals surface area contributed by atoms with Crippen LogP contribution in [-0.2, 0) is 16.0 Å². The van der Waals surface area contributed by atoms with Gasteiger partial charge in [0.15, 0.2) is 6.04 Å². The molecule has 4 nitrogen and oxygen atoms in total. The van der Waals surface area contributed by atoms with E-state index in [0.29, 0.717) is 11.1 Å². The van der Waals surface area contributed by atoms with Crippen molar-refractivity contribution < 1.29 is 19.1 Å². The van der Waals surface area contributed by atoms with E-state index in [1.165, 1.54) is 24.3 Å². The molecule has 1 amide bonds. The molecule has 0 bridgehead atoms. The molecular weight excluding hydrogens is 273 g/mol. The molecule has 0 aliphatic rings. The van der Waals surface area contributed by atoms with Crippen molar-refractivity contribution in [3.05, 3.63) is 71.5 Å². The maximum Gasteiger partial charge on any atom is 0.330 e. The number of carboxylic acids is 1. The summed E-state index contributed by atoms with van der Waals surface area (Å²) in [6, 6.07) is 12.9. The quantitative estimate of drug-likeness (QED) is 0.887. The van der Waals surface area contributed by atoms with Gasteiger partial charge in [-0.25, -0.2) is 9.18 Å². The second kappa shape index (κ2) is 6.65. The van der Waals surface area contributed by atoms with Crippen molar-refractivity contribution in [3.8, 4) is 0 Å². The fraction of sp³-hybridized carbons (Fsp3) is 0.125. The third-order valence-electron chi connectivity index (χ3n) is 2.96. The lowest BCUT2D eigenvalue weighted by atomic mass is 10.1. The predicted octanol–water partition coefficient (Wildman–Crippen LogP) is 2.31. The number of carbonyl (C=O) groups excluding carboxylic acids is 1. The SMILES string of the molecule is O=C(Cc1ccc(F)cc1)N[C@H](C(=O)O)c1ccccc1. The number of rotatable bonds is 5. The van der Waals surface area contributed by atoms with E-state index in [1.54, 1.807) is 30.3 Å². The number of aliphatic carboxylic acids is 1. The number of hydrogen-bond donors (Lipinski definition) is 2. The minimum atomic E-state index is -1.13. The first-order valence-corrected chi connectivity index (χ1v) is 6.38. The number of amides is 1. The van der Waals surface area contributed by atoms with Gasteiger partial charge in [-0.3, -0.25) is 4.79 Å². The molecule has 0 heterocycles. The summed E-state index contributed by atoms with van der Waals surface area (Å²) >= 11 is 0. The fourth-order valence-corrected chi connectivity index (χ4v) is 1.93. The third kappa shape index (κ3) is 4.14. The van der Waals surface area contributed by atoms with Crippen LogP contribution in [0.2, 0.25) is 0 Å². The van der Waals surface area contributed by atoms with Crippen molar-refractivity contribution in [2.75, 3.05) is 0 Å². The van der Waals surface area contributed by atoms with Crippen LogP contribution < -0.4 is 5.32 Å².